The molecular weight excluding hydrogens is 268 g/mol. The molecule has 0 bridgehead atoms. The van der Waals surface area contributed by atoms with E-state index in [1.807, 2.05) is 13.8 Å². The maximum atomic E-state index is 12.3. The van der Waals surface area contributed by atoms with Crippen LogP contribution in [0.4, 0.5) is 5.82 Å². The number of aliphatic hydroxyl groups is 1. The number of rotatable bonds is 7. The van der Waals surface area contributed by atoms with Crippen LogP contribution in [-0.2, 0) is 16.6 Å². The van der Waals surface area contributed by atoms with E-state index in [-0.39, 0.29) is 17.3 Å². The second-order valence-corrected chi connectivity index (χ2v) is 6.38. The zero-order valence-electron chi connectivity index (χ0n) is 11.5. The van der Waals surface area contributed by atoms with E-state index in [0.29, 0.717) is 19.4 Å². The van der Waals surface area contributed by atoms with Gasteiger partial charge in [-0.3, -0.25) is 4.68 Å². The Balaban J connectivity index is 3.06. The summed E-state index contributed by atoms with van der Waals surface area (Å²) in [5, 5.41) is 12.9. The highest BCUT2D eigenvalue weighted by molar-refractivity contribution is 7.89. The third-order valence-electron chi connectivity index (χ3n) is 3.19. The summed E-state index contributed by atoms with van der Waals surface area (Å²) in [7, 11) is -3.74. The average molecular weight is 290 g/mol. The fourth-order valence-electron chi connectivity index (χ4n) is 1.71. The molecule has 1 rings (SSSR count). The number of nitrogens with one attached hydrogen (secondary N) is 1. The van der Waals surface area contributed by atoms with E-state index in [0.717, 1.165) is 0 Å². The number of aryl methyl sites for hydroxylation is 1. The summed E-state index contributed by atoms with van der Waals surface area (Å²) >= 11 is 0. The summed E-state index contributed by atoms with van der Waals surface area (Å²) in [6, 6.07) is 0. The molecule has 8 heteroatoms. The first kappa shape index (κ1) is 15.9. The standard InChI is InChI=1S/C11H22N4O3S/c1-4-11(3,6-7-16)14-19(17,18)9-8-15(5-2)13-10(9)12/h8,14,16H,4-7H2,1-3H3,(H2,12,13). The molecule has 1 aromatic rings. The van der Waals surface area contributed by atoms with Crippen LogP contribution < -0.4 is 10.5 Å². The van der Waals surface area contributed by atoms with Crippen LogP contribution in [0.15, 0.2) is 11.1 Å². The quantitative estimate of drug-likeness (QED) is 0.669. The van der Waals surface area contributed by atoms with E-state index in [9.17, 15) is 8.42 Å². The molecular formula is C11H22N4O3S. The van der Waals surface area contributed by atoms with Gasteiger partial charge in [0.1, 0.15) is 4.90 Å². The monoisotopic (exact) mass is 290 g/mol. The first-order valence-corrected chi connectivity index (χ1v) is 7.74. The van der Waals surface area contributed by atoms with Crippen molar-refractivity contribution in [2.45, 2.75) is 50.6 Å². The number of nitrogens with zero attached hydrogens (tertiary/aromatic N) is 2. The zero-order valence-corrected chi connectivity index (χ0v) is 12.4. The van der Waals surface area contributed by atoms with Gasteiger partial charge in [-0.15, -0.1) is 0 Å². The summed E-state index contributed by atoms with van der Waals surface area (Å²) in [6.07, 6.45) is 2.31. The summed E-state index contributed by atoms with van der Waals surface area (Å²) in [5.41, 5.74) is 4.94. The highest BCUT2D eigenvalue weighted by Crippen LogP contribution is 2.22. The highest BCUT2D eigenvalue weighted by Gasteiger charge is 2.31. The molecule has 0 aromatic carbocycles. The number of sulfonamides is 1. The molecule has 0 aliphatic carbocycles. The summed E-state index contributed by atoms with van der Waals surface area (Å²) in [6.45, 7) is 5.91. The van der Waals surface area contributed by atoms with Crippen molar-refractivity contribution in [1.82, 2.24) is 14.5 Å². The van der Waals surface area contributed by atoms with Crippen molar-refractivity contribution < 1.29 is 13.5 Å². The van der Waals surface area contributed by atoms with E-state index in [4.69, 9.17) is 10.8 Å². The van der Waals surface area contributed by atoms with Crippen LogP contribution in [0, 0.1) is 0 Å². The third kappa shape index (κ3) is 3.68. The van der Waals surface area contributed by atoms with E-state index in [1.165, 1.54) is 10.9 Å². The van der Waals surface area contributed by atoms with Gasteiger partial charge < -0.3 is 10.8 Å². The van der Waals surface area contributed by atoms with E-state index in [2.05, 4.69) is 9.82 Å². The molecule has 1 aromatic heterocycles. The van der Waals surface area contributed by atoms with Gasteiger partial charge in [-0.1, -0.05) is 6.92 Å². The van der Waals surface area contributed by atoms with E-state index in [1.54, 1.807) is 6.92 Å². The predicted octanol–water partition coefficient (Wildman–Crippen LogP) is 0.315. The van der Waals surface area contributed by atoms with Crippen molar-refractivity contribution in [2.75, 3.05) is 12.3 Å². The van der Waals surface area contributed by atoms with Gasteiger partial charge in [0, 0.05) is 24.9 Å². The number of hydrogen-bond donors (Lipinski definition) is 3. The topological polar surface area (TPSA) is 110 Å². The Bertz CT molecular complexity index is 526. The molecule has 0 amide bonds. The Kier molecular flexibility index (Phi) is 4.94. The van der Waals surface area contributed by atoms with Gasteiger partial charge >= 0.3 is 0 Å². The number of aromatic nitrogens is 2. The lowest BCUT2D eigenvalue weighted by molar-refractivity contribution is 0.233. The third-order valence-corrected chi connectivity index (χ3v) is 4.85. The number of aliphatic hydroxyl groups excluding tert-OH is 1. The maximum absolute atomic E-state index is 12.3. The Hall–Kier alpha value is -1.12. The molecule has 0 fully saturated rings. The summed E-state index contributed by atoms with van der Waals surface area (Å²) in [5.74, 6) is -0.0169. The largest absolute Gasteiger partial charge is 0.396 e. The lowest BCUT2D eigenvalue weighted by Crippen LogP contribution is -2.46. The minimum absolute atomic E-state index is 0.0169. The number of anilines is 1. The molecule has 1 unspecified atom stereocenters. The summed E-state index contributed by atoms with van der Waals surface area (Å²) < 4.78 is 28.7. The van der Waals surface area contributed by atoms with Gasteiger partial charge in [0.2, 0.25) is 10.0 Å². The van der Waals surface area contributed by atoms with E-state index < -0.39 is 15.6 Å². The smallest absolute Gasteiger partial charge is 0.246 e. The van der Waals surface area contributed by atoms with Crippen LogP contribution in [0.2, 0.25) is 0 Å². The number of hydrogen-bond acceptors (Lipinski definition) is 5. The van der Waals surface area contributed by atoms with Crippen LogP contribution in [0.25, 0.3) is 0 Å². The molecule has 1 heterocycles. The minimum atomic E-state index is -3.74. The van der Waals surface area contributed by atoms with Crippen LogP contribution in [0.5, 0.6) is 0 Å². The van der Waals surface area contributed by atoms with Crippen molar-refractivity contribution in [3.8, 4) is 0 Å². The first-order valence-electron chi connectivity index (χ1n) is 6.25. The molecule has 1 atom stereocenters. The van der Waals surface area contributed by atoms with Crippen molar-refractivity contribution in [2.24, 2.45) is 0 Å². The molecule has 7 nitrogen and oxygen atoms in total. The van der Waals surface area contributed by atoms with Gasteiger partial charge in [0.05, 0.1) is 0 Å². The predicted molar refractivity (Wildman–Crippen MR) is 73.0 cm³/mol. The normalized spacial score (nSPS) is 15.4. The number of nitrogens with two attached hydrogens (primary N) is 1. The molecule has 19 heavy (non-hydrogen) atoms. The van der Waals surface area contributed by atoms with Crippen LogP contribution in [0.3, 0.4) is 0 Å². The molecule has 0 aliphatic heterocycles. The van der Waals surface area contributed by atoms with Crippen LogP contribution in [-0.4, -0.2) is 35.5 Å². The van der Waals surface area contributed by atoms with Gasteiger partial charge in [-0.05, 0) is 26.7 Å². The van der Waals surface area contributed by atoms with Crippen molar-refractivity contribution in [1.29, 1.82) is 0 Å². The average Bonchev–Trinajstić information content (AvgIpc) is 2.71. The van der Waals surface area contributed by atoms with Crippen molar-refractivity contribution >= 4 is 15.8 Å². The molecule has 0 aliphatic rings. The van der Waals surface area contributed by atoms with Crippen LogP contribution >= 0.6 is 0 Å². The fraction of sp³-hybridized carbons (Fsp3) is 0.727. The Morgan fingerprint density at radius 3 is 2.58 bits per heavy atom. The van der Waals surface area contributed by atoms with Crippen molar-refractivity contribution in [3.63, 3.8) is 0 Å². The van der Waals surface area contributed by atoms with Crippen molar-refractivity contribution in [3.05, 3.63) is 6.20 Å². The second kappa shape index (κ2) is 5.89. The van der Waals surface area contributed by atoms with Gasteiger partial charge in [-0.2, -0.15) is 5.10 Å². The highest BCUT2D eigenvalue weighted by atomic mass is 32.2. The molecule has 0 radical (unpaired) electrons. The first-order chi connectivity index (χ1) is 8.78. The Labute approximate surface area is 113 Å². The van der Waals surface area contributed by atoms with Gasteiger partial charge in [0.15, 0.2) is 5.82 Å². The van der Waals surface area contributed by atoms with Crippen LogP contribution in [0.1, 0.15) is 33.6 Å². The zero-order chi connectivity index (χ0) is 14.7. The van der Waals surface area contributed by atoms with E-state index >= 15 is 0 Å². The minimum Gasteiger partial charge on any atom is -0.396 e. The molecule has 110 valence electrons. The Morgan fingerprint density at radius 2 is 2.16 bits per heavy atom. The summed E-state index contributed by atoms with van der Waals surface area (Å²) in [4.78, 5) is -0.0213. The number of nitrogen functional groups attached to an aromatic ring is 1. The maximum Gasteiger partial charge on any atom is 0.246 e. The fourth-order valence-corrected chi connectivity index (χ4v) is 3.29. The van der Waals surface area contributed by atoms with Gasteiger partial charge in [0.25, 0.3) is 0 Å². The van der Waals surface area contributed by atoms with Gasteiger partial charge in [-0.25, -0.2) is 13.1 Å². The second-order valence-electron chi connectivity index (χ2n) is 4.73. The molecule has 0 saturated heterocycles. The Morgan fingerprint density at radius 1 is 1.53 bits per heavy atom. The lowest BCUT2D eigenvalue weighted by atomic mass is 9.97. The SMILES string of the molecule is CCn1cc(S(=O)(=O)NC(C)(CC)CCO)c(N)n1. The molecule has 4 N–H and O–H groups in total. The lowest BCUT2D eigenvalue weighted by Gasteiger charge is -2.28. The molecule has 0 saturated carbocycles. The molecule has 0 spiro atoms.